The molecule has 2 amide bonds. The third-order valence-corrected chi connectivity index (χ3v) is 10.8. The molecular weight excluding hydrogens is 662 g/mol. The Morgan fingerprint density at radius 3 is 2.24 bits per heavy atom. The lowest BCUT2D eigenvalue weighted by Gasteiger charge is -2.34. The van der Waals surface area contributed by atoms with Crippen molar-refractivity contribution in [3.8, 4) is 11.5 Å². The molecule has 9 nitrogen and oxygen atoms in total. The van der Waals surface area contributed by atoms with Gasteiger partial charge >= 0.3 is 0 Å². The number of carbonyl (C=O) groups excluding carboxylic acids is 2. The summed E-state index contributed by atoms with van der Waals surface area (Å²) in [7, 11) is -1.35. The number of halogens is 1. The van der Waals surface area contributed by atoms with Crippen LogP contribution in [0.15, 0.2) is 102 Å². The van der Waals surface area contributed by atoms with Crippen molar-refractivity contribution >= 4 is 39.1 Å². The number of sulfonamides is 1. The van der Waals surface area contributed by atoms with Gasteiger partial charge in [-0.3, -0.25) is 13.9 Å². The lowest BCUT2D eigenvalue weighted by Crippen LogP contribution is -2.54. The number of benzene rings is 4. The smallest absolute Gasteiger partial charge is 0.264 e. The standard InChI is InChI=1S/C38H42ClN3O6S/c1-27-16-19-33(20-17-27)49(45,46)42(34-24-30(39)18-21-36(34)48-3)26-37(43)41(25-29-12-9-15-32(22-29)47-2)35(23-28-10-5-4-6-11-28)38(44)40-31-13-7-8-14-31/h4-6,9-12,15-22,24,31,35H,7-8,13-14,23,25-26H2,1-3H3,(H,40,44)/t35-/m0/s1. The molecule has 11 heteroatoms. The topological polar surface area (TPSA) is 105 Å². The van der Waals surface area contributed by atoms with E-state index in [1.165, 1.54) is 30.2 Å². The van der Waals surface area contributed by atoms with E-state index in [4.69, 9.17) is 21.1 Å². The maximum Gasteiger partial charge on any atom is 0.264 e. The highest BCUT2D eigenvalue weighted by atomic mass is 35.5. The van der Waals surface area contributed by atoms with Crippen LogP contribution in [0.1, 0.15) is 42.4 Å². The predicted octanol–water partition coefficient (Wildman–Crippen LogP) is 6.56. The molecule has 0 radical (unpaired) electrons. The zero-order valence-corrected chi connectivity index (χ0v) is 29.5. The quantitative estimate of drug-likeness (QED) is 0.160. The van der Waals surface area contributed by atoms with Gasteiger partial charge in [0.05, 0.1) is 24.8 Å². The van der Waals surface area contributed by atoms with Gasteiger partial charge in [-0.15, -0.1) is 0 Å². The lowest BCUT2D eigenvalue weighted by atomic mass is 10.0. The highest BCUT2D eigenvalue weighted by Crippen LogP contribution is 2.35. The molecule has 1 aliphatic rings. The van der Waals surface area contributed by atoms with Gasteiger partial charge in [0.15, 0.2) is 0 Å². The van der Waals surface area contributed by atoms with E-state index < -0.39 is 28.5 Å². The number of methoxy groups -OCH3 is 2. The molecule has 1 N–H and O–H groups in total. The molecule has 0 bridgehead atoms. The zero-order valence-electron chi connectivity index (χ0n) is 28.0. The number of nitrogens with one attached hydrogen (secondary N) is 1. The van der Waals surface area contributed by atoms with Crippen LogP contribution in [0.4, 0.5) is 5.69 Å². The number of anilines is 1. The summed E-state index contributed by atoms with van der Waals surface area (Å²) in [6.07, 6.45) is 4.00. The van der Waals surface area contributed by atoms with Crippen molar-refractivity contribution in [2.45, 2.75) is 62.6 Å². The fourth-order valence-corrected chi connectivity index (χ4v) is 7.68. The first-order valence-electron chi connectivity index (χ1n) is 16.3. The summed E-state index contributed by atoms with van der Waals surface area (Å²) in [5, 5.41) is 3.45. The Hall–Kier alpha value is -4.54. The van der Waals surface area contributed by atoms with Crippen LogP contribution in [0.2, 0.25) is 5.02 Å². The number of aryl methyl sites for hydroxylation is 1. The van der Waals surface area contributed by atoms with Crippen LogP contribution in [0, 0.1) is 6.92 Å². The monoisotopic (exact) mass is 703 g/mol. The van der Waals surface area contributed by atoms with E-state index in [0.29, 0.717) is 11.3 Å². The van der Waals surface area contributed by atoms with Crippen LogP contribution in [0.25, 0.3) is 0 Å². The number of hydrogen-bond acceptors (Lipinski definition) is 6. The molecule has 258 valence electrons. The molecule has 0 unspecified atom stereocenters. The second-order valence-corrected chi connectivity index (χ2v) is 14.5. The van der Waals surface area contributed by atoms with Crippen LogP contribution in [-0.2, 0) is 32.6 Å². The summed E-state index contributed by atoms with van der Waals surface area (Å²) in [6.45, 7) is 1.26. The van der Waals surface area contributed by atoms with Crippen LogP contribution < -0.4 is 19.1 Å². The maximum atomic E-state index is 14.8. The molecule has 1 aliphatic carbocycles. The summed E-state index contributed by atoms with van der Waals surface area (Å²) in [6, 6.07) is 26.8. The fourth-order valence-electron chi connectivity index (χ4n) is 6.10. The zero-order chi connectivity index (χ0) is 35.0. The predicted molar refractivity (Wildman–Crippen MR) is 192 cm³/mol. The van der Waals surface area contributed by atoms with Crippen LogP contribution in [-0.4, -0.2) is 58.0 Å². The van der Waals surface area contributed by atoms with Crippen molar-refractivity contribution in [2.75, 3.05) is 25.1 Å². The molecule has 0 saturated heterocycles. The van der Waals surface area contributed by atoms with Crippen molar-refractivity contribution in [1.29, 1.82) is 0 Å². The van der Waals surface area contributed by atoms with Gasteiger partial charge < -0.3 is 19.7 Å². The minimum absolute atomic E-state index is 0.00733. The minimum Gasteiger partial charge on any atom is -0.497 e. The molecule has 4 aromatic carbocycles. The average Bonchev–Trinajstić information content (AvgIpc) is 3.62. The summed E-state index contributed by atoms with van der Waals surface area (Å²) < 4.78 is 40.8. The van der Waals surface area contributed by atoms with Crippen LogP contribution in [0.5, 0.6) is 11.5 Å². The third kappa shape index (κ3) is 8.93. The number of rotatable bonds is 14. The molecule has 0 spiro atoms. The normalized spacial score (nSPS) is 13.8. The molecule has 1 fully saturated rings. The molecule has 0 aromatic heterocycles. The number of carbonyl (C=O) groups is 2. The molecular formula is C38H42ClN3O6S. The molecule has 5 rings (SSSR count). The number of amides is 2. The highest BCUT2D eigenvalue weighted by Gasteiger charge is 2.36. The van der Waals surface area contributed by atoms with E-state index in [0.717, 1.165) is 41.1 Å². The first kappa shape index (κ1) is 35.8. The summed E-state index contributed by atoms with van der Waals surface area (Å²) in [5.41, 5.74) is 2.55. The van der Waals surface area contributed by atoms with Crippen LogP contribution in [0.3, 0.4) is 0 Å². The first-order chi connectivity index (χ1) is 23.6. The summed E-state index contributed by atoms with van der Waals surface area (Å²) in [4.78, 5) is 30.5. The Labute approximate surface area is 293 Å². The number of nitrogens with zero attached hydrogens (tertiary/aromatic N) is 2. The Balaban J connectivity index is 1.61. The lowest BCUT2D eigenvalue weighted by molar-refractivity contribution is -0.140. The highest BCUT2D eigenvalue weighted by molar-refractivity contribution is 7.92. The van der Waals surface area contributed by atoms with Crippen molar-refractivity contribution in [3.63, 3.8) is 0 Å². The van der Waals surface area contributed by atoms with E-state index in [-0.39, 0.29) is 46.3 Å². The van der Waals surface area contributed by atoms with Crippen LogP contribution >= 0.6 is 11.6 Å². The van der Waals surface area contributed by atoms with E-state index in [1.54, 1.807) is 43.5 Å². The molecule has 1 saturated carbocycles. The molecule has 4 aromatic rings. The Bertz CT molecular complexity index is 1850. The second-order valence-electron chi connectivity index (χ2n) is 12.2. The minimum atomic E-state index is -4.33. The van der Waals surface area contributed by atoms with Gasteiger partial charge in [0.25, 0.3) is 10.0 Å². The van der Waals surface area contributed by atoms with Gasteiger partial charge in [0.1, 0.15) is 24.1 Å². The van der Waals surface area contributed by atoms with Gasteiger partial charge in [-0.25, -0.2) is 8.42 Å². The van der Waals surface area contributed by atoms with Gasteiger partial charge in [0, 0.05) is 24.0 Å². The van der Waals surface area contributed by atoms with Crippen molar-refractivity contribution < 1.29 is 27.5 Å². The summed E-state index contributed by atoms with van der Waals surface area (Å²) in [5.74, 6) is -0.0671. The number of ether oxygens (including phenoxy) is 2. The fraction of sp³-hybridized carbons (Fsp3) is 0.316. The van der Waals surface area contributed by atoms with E-state index in [1.807, 2.05) is 49.4 Å². The second kappa shape index (κ2) is 16.2. The van der Waals surface area contributed by atoms with Crippen molar-refractivity contribution in [1.82, 2.24) is 10.2 Å². The van der Waals surface area contributed by atoms with E-state index in [2.05, 4.69) is 5.32 Å². The van der Waals surface area contributed by atoms with E-state index in [9.17, 15) is 18.0 Å². The Morgan fingerprint density at radius 1 is 0.878 bits per heavy atom. The van der Waals surface area contributed by atoms with Gasteiger partial charge in [0.2, 0.25) is 11.8 Å². The molecule has 49 heavy (non-hydrogen) atoms. The van der Waals surface area contributed by atoms with Crippen molar-refractivity contribution in [2.24, 2.45) is 0 Å². The van der Waals surface area contributed by atoms with Crippen molar-refractivity contribution in [3.05, 3.63) is 119 Å². The summed E-state index contributed by atoms with van der Waals surface area (Å²) >= 11 is 6.40. The Kier molecular flexibility index (Phi) is 11.9. The first-order valence-corrected chi connectivity index (χ1v) is 18.1. The average molecular weight is 704 g/mol. The van der Waals surface area contributed by atoms with E-state index >= 15 is 0 Å². The SMILES string of the molecule is COc1cccc(CN(C(=O)CN(c2cc(Cl)ccc2OC)S(=O)(=O)c2ccc(C)cc2)[C@@H](Cc2ccccc2)C(=O)NC2CCCC2)c1. The number of hydrogen-bond donors (Lipinski definition) is 1. The molecule has 0 heterocycles. The molecule has 1 atom stereocenters. The third-order valence-electron chi connectivity index (χ3n) is 8.76. The Morgan fingerprint density at radius 2 is 1.57 bits per heavy atom. The molecule has 0 aliphatic heterocycles. The van der Waals surface area contributed by atoms with Gasteiger partial charge in [-0.2, -0.15) is 0 Å². The van der Waals surface area contributed by atoms with Gasteiger partial charge in [-0.05, 0) is 73.4 Å². The largest absolute Gasteiger partial charge is 0.497 e. The maximum absolute atomic E-state index is 14.8. The van der Waals surface area contributed by atoms with Gasteiger partial charge in [-0.1, -0.05) is 84.6 Å².